The van der Waals surface area contributed by atoms with E-state index in [0.29, 0.717) is 0 Å². The van der Waals surface area contributed by atoms with Crippen LogP contribution < -0.4 is 0 Å². The molecule has 6 aromatic carbocycles. The Morgan fingerprint density at radius 3 is 1.73 bits per heavy atom. The van der Waals surface area contributed by atoms with E-state index in [1.807, 2.05) is 12.3 Å². The molecular weight excluding hydrogens is 585 g/mol. The Labute approximate surface area is 276 Å². The lowest BCUT2D eigenvalue weighted by molar-refractivity contribution is 1.08. The molecule has 0 bridgehead atoms. The molecule has 4 nitrogen and oxygen atoms in total. The van der Waals surface area contributed by atoms with E-state index in [2.05, 4.69) is 167 Å². The molecule has 10 aromatic rings. The van der Waals surface area contributed by atoms with Crippen LogP contribution in [0.1, 0.15) is 0 Å². The molecular formula is C44H28N4. The molecule has 0 aliphatic rings. The van der Waals surface area contributed by atoms with Gasteiger partial charge in [-0.2, -0.15) is 0 Å². The van der Waals surface area contributed by atoms with Gasteiger partial charge in [-0.3, -0.25) is 8.97 Å². The van der Waals surface area contributed by atoms with Gasteiger partial charge in [0, 0.05) is 38.9 Å². The van der Waals surface area contributed by atoms with E-state index >= 15 is 0 Å². The highest BCUT2D eigenvalue weighted by Crippen LogP contribution is 2.44. The zero-order valence-electron chi connectivity index (χ0n) is 26.0. The molecule has 4 heterocycles. The van der Waals surface area contributed by atoms with Gasteiger partial charge >= 0.3 is 0 Å². The Hall–Kier alpha value is -6.52. The standard InChI is InChI=1S/C44H28N4/c1-3-13-29(14-4-1)30-22-24-32(25-23-30)44-46-42(31-15-5-2-6-16-31)43-34-18-8-7-17-33(34)40-38(48(43)44)27-26-37-41(40)35-19-9-10-20-36(35)47(37)39-21-11-12-28-45-39/h1-28H. The third kappa shape index (κ3) is 3.90. The second-order valence-electron chi connectivity index (χ2n) is 12.2. The first-order chi connectivity index (χ1) is 23.8. The molecule has 10 rings (SSSR count). The fourth-order valence-corrected chi connectivity index (χ4v) is 7.49. The lowest BCUT2D eigenvalue weighted by Gasteiger charge is -2.14. The highest BCUT2D eigenvalue weighted by atomic mass is 15.1. The topological polar surface area (TPSA) is 35.1 Å². The van der Waals surface area contributed by atoms with Crippen LogP contribution in [0.3, 0.4) is 0 Å². The SMILES string of the molecule is c1ccc(-c2ccc(-c3nc(-c4ccccc4)c4c5ccccc5c5c6c7ccccc7n(-c7ccccn7)c6ccc5n34)cc2)cc1. The van der Waals surface area contributed by atoms with Crippen LogP contribution in [0.15, 0.2) is 170 Å². The third-order valence-corrected chi connectivity index (χ3v) is 9.56. The van der Waals surface area contributed by atoms with Gasteiger partial charge in [-0.1, -0.05) is 133 Å². The van der Waals surface area contributed by atoms with E-state index in [9.17, 15) is 0 Å². The summed E-state index contributed by atoms with van der Waals surface area (Å²) in [4.78, 5) is 10.3. The molecule has 4 aromatic heterocycles. The van der Waals surface area contributed by atoms with Gasteiger partial charge in [0.2, 0.25) is 0 Å². The minimum absolute atomic E-state index is 0.904. The monoisotopic (exact) mass is 612 g/mol. The summed E-state index contributed by atoms with van der Waals surface area (Å²) < 4.78 is 4.68. The van der Waals surface area contributed by atoms with Gasteiger partial charge in [0.25, 0.3) is 0 Å². The molecule has 4 heteroatoms. The van der Waals surface area contributed by atoms with Crippen molar-refractivity contribution in [1.29, 1.82) is 0 Å². The summed E-state index contributed by atoms with van der Waals surface area (Å²) in [5, 5.41) is 6.00. The highest BCUT2D eigenvalue weighted by Gasteiger charge is 2.23. The first-order valence-corrected chi connectivity index (χ1v) is 16.3. The van der Waals surface area contributed by atoms with Crippen LogP contribution in [0.5, 0.6) is 0 Å². The van der Waals surface area contributed by atoms with Crippen molar-refractivity contribution in [1.82, 2.24) is 18.9 Å². The van der Waals surface area contributed by atoms with Gasteiger partial charge in [0.05, 0.1) is 27.8 Å². The third-order valence-electron chi connectivity index (χ3n) is 9.56. The average Bonchev–Trinajstić information content (AvgIpc) is 3.73. The maximum atomic E-state index is 5.48. The fourth-order valence-electron chi connectivity index (χ4n) is 7.49. The zero-order valence-corrected chi connectivity index (χ0v) is 26.0. The molecule has 0 atom stereocenters. The molecule has 0 saturated carbocycles. The van der Waals surface area contributed by atoms with Gasteiger partial charge in [-0.05, 0) is 46.8 Å². The van der Waals surface area contributed by atoms with Crippen molar-refractivity contribution in [2.24, 2.45) is 0 Å². The number of aromatic nitrogens is 4. The Kier molecular flexibility index (Phi) is 5.84. The van der Waals surface area contributed by atoms with Gasteiger partial charge < -0.3 is 0 Å². The molecule has 224 valence electrons. The van der Waals surface area contributed by atoms with Crippen LogP contribution in [-0.2, 0) is 0 Å². The summed E-state index contributed by atoms with van der Waals surface area (Å²) >= 11 is 0. The highest BCUT2D eigenvalue weighted by molar-refractivity contribution is 6.30. The number of fused-ring (bicyclic) bond motifs is 10. The number of pyridine rings is 2. The predicted octanol–water partition coefficient (Wildman–Crippen LogP) is 11.1. The van der Waals surface area contributed by atoms with Crippen LogP contribution in [0.25, 0.3) is 88.6 Å². The van der Waals surface area contributed by atoms with Crippen molar-refractivity contribution in [2.45, 2.75) is 0 Å². The fraction of sp³-hybridized carbons (Fsp3) is 0. The van der Waals surface area contributed by atoms with Crippen LogP contribution in [0.2, 0.25) is 0 Å². The maximum absolute atomic E-state index is 5.48. The first kappa shape index (κ1) is 26.7. The molecule has 0 aliphatic carbocycles. The van der Waals surface area contributed by atoms with E-state index in [-0.39, 0.29) is 0 Å². The van der Waals surface area contributed by atoms with Crippen molar-refractivity contribution in [2.75, 3.05) is 0 Å². The normalized spacial score (nSPS) is 11.8. The smallest absolute Gasteiger partial charge is 0.145 e. The summed E-state index contributed by atoms with van der Waals surface area (Å²) in [5.41, 5.74) is 10.0. The molecule has 0 unspecified atom stereocenters. The summed E-state index contributed by atoms with van der Waals surface area (Å²) in [7, 11) is 0. The minimum Gasteiger partial charge on any atom is -0.294 e. The van der Waals surface area contributed by atoms with Crippen LogP contribution in [-0.4, -0.2) is 18.9 Å². The Morgan fingerprint density at radius 2 is 0.979 bits per heavy atom. The summed E-state index contributed by atoms with van der Waals surface area (Å²) in [6.45, 7) is 0. The van der Waals surface area contributed by atoms with Crippen molar-refractivity contribution < 1.29 is 0 Å². The largest absolute Gasteiger partial charge is 0.294 e. The summed E-state index contributed by atoms with van der Waals surface area (Å²) in [6.07, 6.45) is 1.86. The van der Waals surface area contributed by atoms with Crippen molar-refractivity contribution in [3.8, 4) is 39.6 Å². The lowest BCUT2D eigenvalue weighted by Crippen LogP contribution is -1.97. The van der Waals surface area contributed by atoms with E-state index in [1.54, 1.807) is 0 Å². The van der Waals surface area contributed by atoms with Crippen LogP contribution in [0, 0.1) is 0 Å². The molecule has 0 spiro atoms. The van der Waals surface area contributed by atoms with Crippen LogP contribution >= 0.6 is 0 Å². The van der Waals surface area contributed by atoms with Gasteiger partial charge in [0.1, 0.15) is 11.6 Å². The number of hydrogen-bond acceptors (Lipinski definition) is 2. The molecule has 48 heavy (non-hydrogen) atoms. The van der Waals surface area contributed by atoms with Crippen molar-refractivity contribution >= 4 is 49.0 Å². The van der Waals surface area contributed by atoms with E-state index in [1.165, 1.54) is 38.1 Å². The number of hydrogen-bond donors (Lipinski definition) is 0. The number of rotatable bonds is 4. The average molecular weight is 613 g/mol. The van der Waals surface area contributed by atoms with E-state index in [0.717, 1.165) is 50.5 Å². The van der Waals surface area contributed by atoms with Gasteiger partial charge in [0.15, 0.2) is 0 Å². The van der Waals surface area contributed by atoms with Crippen LogP contribution in [0.4, 0.5) is 0 Å². The van der Waals surface area contributed by atoms with Crippen molar-refractivity contribution in [3.05, 3.63) is 170 Å². The Bertz CT molecular complexity index is 2800. The first-order valence-electron chi connectivity index (χ1n) is 16.3. The number of para-hydroxylation sites is 1. The maximum Gasteiger partial charge on any atom is 0.145 e. The number of imidazole rings is 1. The minimum atomic E-state index is 0.904. The zero-order chi connectivity index (χ0) is 31.6. The quantitative estimate of drug-likeness (QED) is 0.185. The van der Waals surface area contributed by atoms with Crippen molar-refractivity contribution in [3.63, 3.8) is 0 Å². The van der Waals surface area contributed by atoms with Gasteiger partial charge in [-0.25, -0.2) is 9.97 Å². The summed E-state index contributed by atoms with van der Waals surface area (Å²) in [6, 6.07) is 58.0. The number of nitrogens with zero attached hydrogens (tertiary/aromatic N) is 4. The molecule has 0 aliphatic heterocycles. The molecule has 0 fully saturated rings. The second-order valence-corrected chi connectivity index (χ2v) is 12.2. The molecule has 0 saturated heterocycles. The Morgan fingerprint density at radius 1 is 0.396 bits per heavy atom. The molecule has 0 amide bonds. The molecule has 0 radical (unpaired) electrons. The number of benzene rings is 6. The summed E-state index contributed by atoms with van der Waals surface area (Å²) in [5.74, 6) is 1.83. The molecule has 0 N–H and O–H groups in total. The lowest BCUT2D eigenvalue weighted by atomic mass is 9.98. The van der Waals surface area contributed by atoms with E-state index < -0.39 is 0 Å². The van der Waals surface area contributed by atoms with E-state index in [4.69, 9.17) is 9.97 Å². The second kappa shape index (κ2) is 10.5. The Balaban J connectivity index is 1.37. The predicted molar refractivity (Wildman–Crippen MR) is 199 cm³/mol. The van der Waals surface area contributed by atoms with Gasteiger partial charge in [-0.15, -0.1) is 0 Å².